The molecule has 6 nitrogen and oxygen atoms in total. The molecule has 4 rings (SSSR count). The zero-order chi connectivity index (χ0) is 19.0. The third-order valence-corrected chi connectivity index (χ3v) is 5.63. The van der Waals surface area contributed by atoms with Crippen LogP contribution in [0.25, 0.3) is 17.0 Å². The van der Waals surface area contributed by atoms with Crippen molar-refractivity contribution in [2.45, 2.75) is 11.8 Å². The molecule has 0 bridgehead atoms. The van der Waals surface area contributed by atoms with Crippen molar-refractivity contribution in [3.63, 3.8) is 0 Å². The van der Waals surface area contributed by atoms with E-state index in [1.165, 1.54) is 12.1 Å². The molecule has 2 aromatic heterocycles. The van der Waals surface area contributed by atoms with E-state index >= 15 is 0 Å². The van der Waals surface area contributed by atoms with Gasteiger partial charge in [-0.05, 0) is 42.8 Å². The lowest BCUT2D eigenvalue weighted by Gasteiger charge is -2.10. The van der Waals surface area contributed by atoms with Crippen LogP contribution in [0.4, 0.5) is 10.1 Å². The van der Waals surface area contributed by atoms with Gasteiger partial charge in [0.05, 0.1) is 10.6 Å². The van der Waals surface area contributed by atoms with Crippen LogP contribution in [0.2, 0.25) is 0 Å². The molecule has 0 spiro atoms. The summed E-state index contributed by atoms with van der Waals surface area (Å²) in [4.78, 5) is 8.51. The van der Waals surface area contributed by atoms with Gasteiger partial charge in [0.2, 0.25) is 5.78 Å². The van der Waals surface area contributed by atoms with Crippen LogP contribution in [0.3, 0.4) is 0 Å². The van der Waals surface area contributed by atoms with Crippen LogP contribution in [0.1, 0.15) is 5.56 Å². The number of aryl methyl sites for hydroxylation is 1. The summed E-state index contributed by atoms with van der Waals surface area (Å²) < 4.78 is 42.8. The molecule has 136 valence electrons. The van der Waals surface area contributed by atoms with E-state index in [4.69, 9.17) is 0 Å². The van der Waals surface area contributed by atoms with E-state index in [1.807, 2.05) is 18.5 Å². The minimum absolute atomic E-state index is 0.0852. The first kappa shape index (κ1) is 17.2. The van der Waals surface area contributed by atoms with Crippen LogP contribution < -0.4 is 4.72 Å². The molecule has 0 radical (unpaired) electrons. The minimum Gasteiger partial charge on any atom is -0.291 e. The Kier molecular flexibility index (Phi) is 4.12. The number of hydrogen-bond acceptors (Lipinski definition) is 4. The van der Waals surface area contributed by atoms with E-state index < -0.39 is 15.8 Å². The quantitative estimate of drug-likeness (QED) is 0.585. The summed E-state index contributed by atoms with van der Waals surface area (Å²) in [5.41, 5.74) is 2.40. The highest BCUT2D eigenvalue weighted by Crippen LogP contribution is 2.24. The van der Waals surface area contributed by atoms with Crippen LogP contribution in [0.5, 0.6) is 0 Å². The molecule has 4 aromatic rings. The molecule has 0 saturated carbocycles. The molecule has 8 heteroatoms. The average molecular weight is 382 g/mol. The van der Waals surface area contributed by atoms with Crippen LogP contribution in [-0.2, 0) is 10.0 Å². The molecular weight excluding hydrogens is 367 g/mol. The predicted molar refractivity (Wildman–Crippen MR) is 100 cm³/mol. The van der Waals surface area contributed by atoms with Gasteiger partial charge in [0.1, 0.15) is 5.82 Å². The van der Waals surface area contributed by atoms with E-state index in [9.17, 15) is 12.8 Å². The van der Waals surface area contributed by atoms with Gasteiger partial charge in [-0.2, -0.15) is 0 Å². The number of hydrogen-bond donors (Lipinski definition) is 1. The Morgan fingerprint density at radius 1 is 1.11 bits per heavy atom. The normalized spacial score (nSPS) is 11.6. The Labute approximate surface area is 155 Å². The highest BCUT2D eigenvalue weighted by Gasteiger charge is 2.18. The highest BCUT2D eigenvalue weighted by atomic mass is 32.2. The van der Waals surface area contributed by atoms with Crippen LogP contribution in [-0.4, -0.2) is 22.8 Å². The van der Waals surface area contributed by atoms with Crippen LogP contribution in [0, 0.1) is 12.7 Å². The second-order valence-corrected chi connectivity index (χ2v) is 7.70. The van der Waals surface area contributed by atoms with Crippen molar-refractivity contribution in [3.05, 3.63) is 78.5 Å². The highest BCUT2D eigenvalue weighted by molar-refractivity contribution is 7.92. The first-order valence-corrected chi connectivity index (χ1v) is 9.60. The number of benzene rings is 2. The Bertz CT molecular complexity index is 1200. The number of nitrogens with one attached hydrogen (secondary N) is 1. The minimum atomic E-state index is -3.88. The fourth-order valence-electron chi connectivity index (χ4n) is 2.75. The molecule has 0 unspecified atom stereocenters. The summed E-state index contributed by atoms with van der Waals surface area (Å²) in [6, 6.07) is 12.3. The molecule has 0 saturated heterocycles. The van der Waals surface area contributed by atoms with Crippen molar-refractivity contribution in [2.75, 3.05) is 4.72 Å². The summed E-state index contributed by atoms with van der Waals surface area (Å²) in [7, 11) is -3.88. The smallest absolute Gasteiger partial charge is 0.262 e. The molecule has 0 amide bonds. The van der Waals surface area contributed by atoms with Crippen molar-refractivity contribution in [3.8, 4) is 11.3 Å². The first-order valence-electron chi connectivity index (χ1n) is 8.11. The number of anilines is 1. The molecule has 0 aliphatic carbocycles. The average Bonchev–Trinajstić information content (AvgIpc) is 3.08. The van der Waals surface area contributed by atoms with Gasteiger partial charge in [-0.15, -0.1) is 0 Å². The Hall–Kier alpha value is -3.26. The lowest BCUT2D eigenvalue weighted by molar-refractivity contribution is 0.594. The first-order chi connectivity index (χ1) is 12.9. The number of sulfonamides is 1. The summed E-state index contributed by atoms with van der Waals surface area (Å²) in [5.74, 6) is -0.0179. The Morgan fingerprint density at radius 2 is 1.89 bits per heavy atom. The second-order valence-electron chi connectivity index (χ2n) is 6.05. The van der Waals surface area contributed by atoms with Gasteiger partial charge >= 0.3 is 0 Å². The van der Waals surface area contributed by atoms with Crippen molar-refractivity contribution in [1.29, 1.82) is 0 Å². The number of rotatable bonds is 4. The predicted octanol–water partition coefficient (Wildman–Crippen LogP) is 3.64. The molecule has 27 heavy (non-hydrogen) atoms. The number of fused-ring (bicyclic) bond motifs is 1. The van der Waals surface area contributed by atoms with E-state index in [0.29, 0.717) is 17.0 Å². The van der Waals surface area contributed by atoms with Crippen molar-refractivity contribution >= 4 is 21.5 Å². The van der Waals surface area contributed by atoms with Gasteiger partial charge in [-0.1, -0.05) is 18.2 Å². The maximum absolute atomic E-state index is 13.4. The molecule has 2 heterocycles. The SMILES string of the molecule is Cc1ccc(F)cc1S(=O)(=O)Nc1ccc(-c2cn3cccnc3n2)cc1. The number of imidazole rings is 1. The standard InChI is InChI=1S/C19H15FN4O2S/c1-13-3-6-15(20)11-18(13)27(25,26)23-16-7-4-14(5-8-16)17-12-24-10-2-9-21-19(24)22-17/h2-12,23H,1H3. The fraction of sp³-hybridized carbons (Fsp3) is 0.0526. The largest absolute Gasteiger partial charge is 0.291 e. The van der Waals surface area contributed by atoms with E-state index in [-0.39, 0.29) is 4.90 Å². The van der Waals surface area contributed by atoms with E-state index in [2.05, 4.69) is 14.7 Å². The summed E-state index contributed by atoms with van der Waals surface area (Å²) in [5, 5.41) is 0. The zero-order valence-electron chi connectivity index (χ0n) is 14.3. The number of halogens is 1. The number of nitrogens with zero attached hydrogens (tertiary/aromatic N) is 3. The summed E-state index contributed by atoms with van der Waals surface area (Å²) >= 11 is 0. The molecule has 0 atom stereocenters. The van der Waals surface area contributed by atoms with E-state index in [1.54, 1.807) is 41.8 Å². The van der Waals surface area contributed by atoms with Gasteiger partial charge in [-0.3, -0.25) is 9.12 Å². The molecule has 0 fully saturated rings. The second kappa shape index (κ2) is 6.48. The third-order valence-electron chi connectivity index (χ3n) is 4.11. The number of aromatic nitrogens is 3. The van der Waals surface area contributed by atoms with Crippen molar-refractivity contribution in [1.82, 2.24) is 14.4 Å². The maximum atomic E-state index is 13.4. The van der Waals surface area contributed by atoms with Gasteiger partial charge in [-0.25, -0.2) is 22.8 Å². The topological polar surface area (TPSA) is 76.4 Å². The van der Waals surface area contributed by atoms with Gasteiger partial charge in [0.25, 0.3) is 10.0 Å². The molecule has 0 aliphatic heterocycles. The molecule has 2 aromatic carbocycles. The summed E-state index contributed by atoms with van der Waals surface area (Å²) in [6.45, 7) is 1.62. The van der Waals surface area contributed by atoms with Gasteiger partial charge in [0.15, 0.2) is 0 Å². The summed E-state index contributed by atoms with van der Waals surface area (Å²) in [6.07, 6.45) is 5.36. The third kappa shape index (κ3) is 3.39. The zero-order valence-corrected chi connectivity index (χ0v) is 15.1. The van der Waals surface area contributed by atoms with Gasteiger partial charge in [0, 0.05) is 29.8 Å². The molecule has 0 aliphatic rings. The molecule has 1 N–H and O–H groups in total. The Balaban J connectivity index is 1.61. The lowest BCUT2D eigenvalue weighted by Crippen LogP contribution is -2.14. The Morgan fingerprint density at radius 3 is 2.63 bits per heavy atom. The van der Waals surface area contributed by atoms with Crippen LogP contribution in [0.15, 0.2) is 72.0 Å². The fourth-order valence-corrected chi connectivity index (χ4v) is 4.07. The van der Waals surface area contributed by atoms with Crippen molar-refractivity contribution < 1.29 is 12.8 Å². The lowest BCUT2D eigenvalue weighted by atomic mass is 10.1. The molecular formula is C19H15FN4O2S. The van der Waals surface area contributed by atoms with E-state index in [0.717, 1.165) is 17.3 Å². The van der Waals surface area contributed by atoms with Crippen LogP contribution >= 0.6 is 0 Å². The van der Waals surface area contributed by atoms with Crippen molar-refractivity contribution in [2.24, 2.45) is 0 Å². The van der Waals surface area contributed by atoms with Gasteiger partial charge < -0.3 is 0 Å². The monoisotopic (exact) mass is 382 g/mol. The maximum Gasteiger partial charge on any atom is 0.262 e.